The Morgan fingerprint density at radius 1 is 1.28 bits per heavy atom. The van der Waals surface area contributed by atoms with Crippen LogP contribution in [0.2, 0.25) is 0 Å². The highest BCUT2D eigenvalue weighted by atomic mass is 32.2. The van der Waals surface area contributed by atoms with Crippen molar-refractivity contribution >= 4 is 40.3 Å². The molecular formula is C22H17N3O2S2. The zero-order valence-corrected chi connectivity index (χ0v) is 17.2. The topological polar surface area (TPSA) is 56.2 Å². The Hall–Kier alpha value is -2.90. The molecule has 1 N–H and O–H groups in total. The van der Waals surface area contributed by atoms with Gasteiger partial charge in [-0.1, -0.05) is 42.2 Å². The van der Waals surface area contributed by atoms with Crippen LogP contribution in [0.15, 0.2) is 59.6 Å². The van der Waals surface area contributed by atoms with E-state index in [-0.39, 0.29) is 12.0 Å². The molecule has 1 atom stereocenters. The van der Waals surface area contributed by atoms with Crippen LogP contribution < -0.4 is 10.1 Å². The molecular weight excluding hydrogens is 402 g/mol. The molecule has 3 heterocycles. The fraction of sp³-hybridized carbons (Fsp3) is 0.136. The lowest BCUT2D eigenvalue weighted by atomic mass is 10.0. The summed E-state index contributed by atoms with van der Waals surface area (Å²) in [5, 5.41) is 7.51. The van der Waals surface area contributed by atoms with E-state index in [9.17, 15) is 4.79 Å². The zero-order valence-electron chi connectivity index (χ0n) is 15.6. The monoisotopic (exact) mass is 419 g/mol. The molecule has 0 radical (unpaired) electrons. The number of nitrogens with one attached hydrogen (secondary N) is 1. The maximum Gasteiger partial charge on any atom is 0.263 e. The summed E-state index contributed by atoms with van der Waals surface area (Å²) < 4.78 is 8.14. The van der Waals surface area contributed by atoms with Gasteiger partial charge in [-0.3, -0.25) is 4.79 Å². The van der Waals surface area contributed by atoms with Crippen molar-refractivity contribution in [2.75, 3.05) is 0 Å². The summed E-state index contributed by atoms with van der Waals surface area (Å²) in [7, 11) is 0. The molecule has 0 saturated carbocycles. The molecule has 29 heavy (non-hydrogen) atoms. The molecule has 0 aliphatic carbocycles. The number of carbonyl (C=O) groups is 1. The van der Waals surface area contributed by atoms with E-state index in [2.05, 4.69) is 18.3 Å². The van der Waals surface area contributed by atoms with Crippen LogP contribution >= 0.6 is 24.0 Å². The van der Waals surface area contributed by atoms with E-state index < -0.39 is 0 Å². The van der Waals surface area contributed by atoms with E-state index in [1.165, 1.54) is 17.3 Å². The van der Waals surface area contributed by atoms with E-state index in [1.54, 1.807) is 0 Å². The third-order valence-electron chi connectivity index (χ3n) is 4.86. The van der Waals surface area contributed by atoms with Crippen molar-refractivity contribution in [1.29, 1.82) is 0 Å². The molecule has 1 aromatic heterocycles. The molecule has 7 heteroatoms. The lowest BCUT2D eigenvalue weighted by molar-refractivity contribution is -0.115. The number of amides is 1. The molecule has 144 valence electrons. The van der Waals surface area contributed by atoms with Crippen LogP contribution in [0.5, 0.6) is 5.75 Å². The summed E-state index contributed by atoms with van der Waals surface area (Å²) >= 11 is 6.39. The van der Waals surface area contributed by atoms with Gasteiger partial charge in [0.15, 0.2) is 0 Å². The second kappa shape index (κ2) is 7.17. The first-order chi connectivity index (χ1) is 14.1. The van der Waals surface area contributed by atoms with E-state index in [4.69, 9.17) is 22.1 Å². The third kappa shape index (κ3) is 3.47. The van der Waals surface area contributed by atoms with E-state index in [0.717, 1.165) is 34.7 Å². The number of thiocarbonyl (C=S) groups is 1. The van der Waals surface area contributed by atoms with Crippen molar-refractivity contribution < 1.29 is 9.53 Å². The molecule has 5 rings (SSSR count). The maximum atomic E-state index is 12.2. The van der Waals surface area contributed by atoms with Gasteiger partial charge in [0.05, 0.1) is 10.6 Å². The smallest absolute Gasteiger partial charge is 0.263 e. The third-order valence-corrected chi connectivity index (χ3v) is 6.02. The van der Waals surface area contributed by atoms with Crippen LogP contribution in [-0.4, -0.2) is 26.1 Å². The minimum absolute atomic E-state index is 0.172. The maximum absolute atomic E-state index is 12.2. The largest absolute Gasteiger partial charge is 0.490 e. The predicted molar refractivity (Wildman–Crippen MR) is 119 cm³/mol. The van der Waals surface area contributed by atoms with Gasteiger partial charge in [-0.05, 0) is 48.9 Å². The highest BCUT2D eigenvalue weighted by molar-refractivity contribution is 8.26. The minimum Gasteiger partial charge on any atom is -0.490 e. The highest BCUT2D eigenvalue weighted by Gasteiger charge is 2.24. The Balaban J connectivity index is 1.63. The number of aromatic nitrogens is 2. The summed E-state index contributed by atoms with van der Waals surface area (Å²) in [4.78, 5) is 12.7. The Labute approximate surface area is 177 Å². The lowest BCUT2D eigenvalue weighted by Crippen LogP contribution is -2.17. The fourth-order valence-electron chi connectivity index (χ4n) is 3.56. The average molecular weight is 420 g/mol. The number of fused-ring (bicyclic) bond motifs is 1. The Morgan fingerprint density at radius 3 is 2.86 bits per heavy atom. The molecule has 2 aliphatic rings. The van der Waals surface area contributed by atoms with Crippen molar-refractivity contribution in [1.82, 2.24) is 15.1 Å². The SMILES string of the molecule is C[C@@H]1Cc2cc(-c3nn(-c4ccccc4)cc3/C=C3\SC(=S)NC3=O)ccc2O1. The van der Waals surface area contributed by atoms with Crippen LogP contribution in [-0.2, 0) is 11.2 Å². The Morgan fingerprint density at radius 2 is 2.10 bits per heavy atom. The van der Waals surface area contributed by atoms with Crippen molar-refractivity contribution in [2.45, 2.75) is 19.4 Å². The van der Waals surface area contributed by atoms with Gasteiger partial charge in [0.25, 0.3) is 5.91 Å². The van der Waals surface area contributed by atoms with Crippen LogP contribution in [0.25, 0.3) is 23.0 Å². The van der Waals surface area contributed by atoms with Crippen LogP contribution in [0, 0.1) is 0 Å². The van der Waals surface area contributed by atoms with Crippen LogP contribution in [0.3, 0.4) is 0 Å². The number of hydrogen-bond acceptors (Lipinski definition) is 5. The number of nitrogens with zero attached hydrogens (tertiary/aromatic N) is 2. The van der Waals surface area contributed by atoms with Gasteiger partial charge in [-0.15, -0.1) is 0 Å². The second-order valence-electron chi connectivity index (χ2n) is 7.02. The summed E-state index contributed by atoms with van der Waals surface area (Å²) in [5.74, 6) is 0.759. The molecule has 3 aromatic rings. The molecule has 1 fully saturated rings. The number of rotatable bonds is 3. The van der Waals surface area contributed by atoms with E-state index in [0.29, 0.717) is 9.23 Å². The molecule has 5 nitrogen and oxygen atoms in total. The van der Waals surface area contributed by atoms with Crippen molar-refractivity contribution in [3.05, 3.63) is 70.8 Å². The van der Waals surface area contributed by atoms with Gasteiger partial charge in [0.2, 0.25) is 0 Å². The summed E-state index contributed by atoms with van der Waals surface area (Å²) in [6, 6.07) is 16.1. The van der Waals surface area contributed by atoms with Crippen LogP contribution in [0.1, 0.15) is 18.1 Å². The van der Waals surface area contributed by atoms with Crippen LogP contribution in [0.4, 0.5) is 0 Å². The zero-order chi connectivity index (χ0) is 20.0. The van der Waals surface area contributed by atoms with E-state index >= 15 is 0 Å². The number of benzene rings is 2. The average Bonchev–Trinajstić information content (AvgIpc) is 3.38. The molecule has 2 aliphatic heterocycles. The minimum atomic E-state index is -0.172. The first-order valence-corrected chi connectivity index (χ1v) is 10.5. The molecule has 0 bridgehead atoms. The lowest BCUT2D eigenvalue weighted by Gasteiger charge is -2.04. The highest BCUT2D eigenvalue weighted by Crippen LogP contribution is 2.35. The van der Waals surface area contributed by atoms with Crippen molar-refractivity contribution in [2.24, 2.45) is 0 Å². The number of para-hydroxylation sites is 1. The quantitative estimate of drug-likeness (QED) is 0.505. The number of ether oxygens (including phenoxy) is 1. The number of hydrogen-bond donors (Lipinski definition) is 1. The van der Waals surface area contributed by atoms with Gasteiger partial charge >= 0.3 is 0 Å². The standard InChI is InChI=1S/C22H17N3O2S2/c1-13-9-15-10-14(7-8-18(15)27-13)20-16(11-19-21(26)23-22(28)29-19)12-25(24-20)17-5-3-2-4-6-17/h2-8,10-13H,9H2,1H3,(H,23,26,28)/b19-11-/t13-/m1/s1. The Kier molecular flexibility index (Phi) is 4.49. The van der Waals surface area contributed by atoms with Gasteiger partial charge in [0.1, 0.15) is 21.9 Å². The van der Waals surface area contributed by atoms with Gasteiger partial charge < -0.3 is 10.1 Å². The normalized spacial score (nSPS) is 19.3. The summed E-state index contributed by atoms with van der Waals surface area (Å²) in [6.07, 6.45) is 4.86. The van der Waals surface area contributed by atoms with Gasteiger partial charge in [0, 0.05) is 23.7 Å². The van der Waals surface area contributed by atoms with E-state index in [1.807, 2.05) is 59.4 Å². The number of carbonyl (C=O) groups excluding carboxylic acids is 1. The first-order valence-electron chi connectivity index (χ1n) is 9.27. The molecule has 1 saturated heterocycles. The summed E-state index contributed by atoms with van der Waals surface area (Å²) in [5.41, 5.74) is 4.81. The molecule has 0 spiro atoms. The predicted octanol–water partition coefficient (Wildman–Crippen LogP) is 4.35. The fourth-order valence-corrected chi connectivity index (χ4v) is 4.60. The molecule has 0 unspecified atom stereocenters. The Bertz CT molecular complexity index is 1170. The summed E-state index contributed by atoms with van der Waals surface area (Å²) in [6.45, 7) is 2.07. The van der Waals surface area contributed by atoms with Crippen molar-refractivity contribution in [3.8, 4) is 22.7 Å². The molecule has 2 aromatic carbocycles. The molecule has 1 amide bonds. The second-order valence-corrected chi connectivity index (χ2v) is 8.74. The first kappa shape index (κ1) is 18.1. The van der Waals surface area contributed by atoms with Gasteiger partial charge in [-0.2, -0.15) is 5.10 Å². The van der Waals surface area contributed by atoms with Crippen molar-refractivity contribution in [3.63, 3.8) is 0 Å². The number of thioether (sulfide) groups is 1. The van der Waals surface area contributed by atoms with Gasteiger partial charge in [-0.25, -0.2) is 4.68 Å².